The molecule has 0 aromatic carbocycles. The number of nitrogens with zero attached hydrogens (tertiary/aromatic N) is 2. The molecule has 0 aliphatic heterocycles. The molecule has 1 rings (SSSR count). The second kappa shape index (κ2) is 5.38. The number of hydrogen-bond acceptors (Lipinski definition) is 4. The quantitative estimate of drug-likeness (QED) is 0.586. The van der Waals surface area contributed by atoms with Crippen LogP contribution >= 0.6 is 0 Å². The Bertz CT molecular complexity index is 516. The predicted molar refractivity (Wildman–Crippen MR) is 76.9 cm³/mol. The molecule has 0 spiro atoms. The van der Waals surface area contributed by atoms with E-state index in [0.717, 1.165) is 5.69 Å². The van der Waals surface area contributed by atoms with Crippen molar-refractivity contribution in [1.29, 1.82) is 0 Å². The van der Waals surface area contributed by atoms with Crippen LogP contribution in [-0.4, -0.2) is 28.3 Å². The van der Waals surface area contributed by atoms with Gasteiger partial charge in [-0.25, -0.2) is 4.79 Å². The zero-order chi connectivity index (χ0) is 15.7. The second-order valence-electron chi connectivity index (χ2n) is 6.85. The van der Waals surface area contributed by atoms with Crippen LogP contribution in [-0.2, 0) is 20.4 Å². The summed E-state index contributed by atoms with van der Waals surface area (Å²) in [6, 6.07) is 1.89. The summed E-state index contributed by atoms with van der Waals surface area (Å²) in [6.07, 6.45) is 0. The SMILES string of the molecule is CCOC(=O)C(=O)n1nc(C(C)(C)C)cc1C(C)(C)C. The molecule has 0 radical (unpaired) electrons. The standard InChI is InChI=1S/C15H24N2O3/c1-8-20-13(19)12(18)17-11(15(5,6)7)9-10(16-17)14(2,3)4/h9H,8H2,1-7H3. The molecule has 0 N–H and O–H groups in total. The van der Waals surface area contributed by atoms with Gasteiger partial charge in [0.25, 0.3) is 0 Å². The van der Waals surface area contributed by atoms with Crippen LogP contribution in [0.5, 0.6) is 0 Å². The number of carbonyl (C=O) groups excluding carboxylic acids is 2. The molecule has 0 aliphatic rings. The Labute approximate surface area is 120 Å². The van der Waals surface area contributed by atoms with E-state index in [2.05, 4.69) is 5.10 Å². The predicted octanol–water partition coefficient (Wildman–Crippen LogP) is 2.68. The molecule has 5 heteroatoms. The van der Waals surface area contributed by atoms with Gasteiger partial charge >= 0.3 is 11.9 Å². The average Bonchev–Trinajstić information content (AvgIpc) is 2.72. The topological polar surface area (TPSA) is 61.2 Å². The first-order valence-corrected chi connectivity index (χ1v) is 6.81. The largest absolute Gasteiger partial charge is 0.459 e. The third-order valence-corrected chi connectivity index (χ3v) is 2.89. The molecule has 0 atom stereocenters. The van der Waals surface area contributed by atoms with Crippen molar-refractivity contribution in [2.45, 2.75) is 59.3 Å². The van der Waals surface area contributed by atoms with E-state index in [-0.39, 0.29) is 17.4 Å². The number of ether oxygens (including phenoxy) is 1. The van der Waals surface area contributed by atoms with Crippen LogP contribution in [0, 0.1) is 0 Å². The van der Waals surface area contributed by atoms with Gasteiger partial charge in [-0.2, -0.15) is 9.78 Å². The molecule has 20 heavy (non-hydrogen) atoms. The number of hydrogen-bond donors (Lipinski definition) is 0. The summed E-state index contributed by atoms with van der Waals surface area (Å²) in [5.41, 5.74) is 0.999. The molecule has 0 saturated heterocycles. The number of rotatable bonds is 1. The van der Waals surface area contributed by atoms with E-state index in [1.165, 1.54) is 4.68 Å². The molecule has 0 amide bonds. The molecule has 0 unspecified atom stereocenters. The molecule has 0 saturated carbocycles. The van der Waals surface area contributed by atoms with E-state index < -0.39 is 11.9 Å². The lowest BCUT2D eigenvalue weighted by Crippen LogP contribution is -2.30. The number of carbonyl (C=O) groups is 2. The van der Waals surface area contributed by atoms with Gasteiger partial charge in [-0.1, -0.05) is 41.5 Å². The molecule has 1 aromatic rings. The van der Waals surface area contributed by atoms with Crippen molar-refractivity contribution in [3.05, 3.63) is 17.5 Å². The molecule has 112 valence electrons. The first-order chi connectivity index (χ1) is 8.98. The fourth-order valence-corrected chi connectivity index (χ4v) is 1.72. The van der Waals surface area contributed by atoms with Gasteiger partial charge in [0.15, 0.2) is 0 Å². The van der Waals surface area contributed by atoms with Gasteiger partial charge in [-0.05, 0) is 13.0 Å². The minimum Gasteiger partial charge on any atom is -0.459 e. The summed E-state index contributed by atoms with van der Waals surface area (Å²) in [5, 5.41) is 4.32. The lowest BCUT2D eigenvalue weighted by molar-refractivity contribution is -0.138. The monoisotopic (exact) mass is 280 g/mol. The highest BCUT2D eigenvalue weighted by atomic mass is 16.5. The van der Waals surface area contributed by atoms with Crippen LogP contribution in [0.4, 0.5) is 0 Å². The van der Waals surface area contributed by atoms with Crippen molar-refractivity contribution < 1.29 is 14.3 Å². The van der Waals surface area contributed by atoms with Gasteiger partial charge < -0.3 is 4.74 Å². The molecule has 1 aromatic heterocycles. The van der Waals surface area contributed by atoms with Crippen molar-refractivity contribution in [2.24, 2.45) is 0 Å². The van der Waals surface area contributed by atoms with Crippen molar-refractivity contribution in [2.75, 3.05) is 6.61 Å². The van der Waals surface area contributed by atoms with E-state index in [4.69, 9.17) is 4.74 Å². The highest BCUT2D eigenvalue weighted by Gasteiger charge is 2.31. The molecule has 0 aliphatic carbocycles. The van der Waals surface area contributed by atoms with Crippen molar-refractivity contribution >= 4 is 11.9 Å². The first kappa shape index (κ1) is 16.4. The minimum atomic E-state index is -0.874. The zero-order valence-electron chi connectivity index (χ0n) is 13.4. The summed E-state index contributed by atoms with van der Waals surface area (Å²) < 4.78 is 5.95. The number of aromatic nitrogens is 2. The Morgan fingerprint density at radius 1 is 1.15 bits per heavy atom. The molecular weight excluding hydrogens is 256 g/mol. The Morgan fingerprint density at radius 2 is 1.70 bits per heavy atom. The second-order valence-corrected chi connectivity index (χ2v) is 6.85. The number of esters is 1. The van der Waals surface area contributed by atoms with Crippen LogP contribution in [0.1, 0.15) is 64.6 Å². The van der Waals surface area contributed by atoms with Gasteiger partial charge in [0.1, 0.15) is 0 Å². The Hall–Kier alpha value is -1.65. The summed E-state index contributed by atoms with van der Waals surface area (Å²) in [5.74, 6) is -1.62. The third kappa shape index (κ3) is 3.46. The van der Waals surface area contributed by atoms with E-state index in [1.807, 2.05) is 47.6 Å². The maximum Gasteiger partial charge on any atom is 0.399 e. The van der Waals surface area contributed by atoms with Gasteiger partial charge in [-0.3, -0.25) is 4.79 Å². The smallest absolute Gasteiger partial charge is 0.399 e. The molecule has 1 heterocycles. The van der Waals surface area contributed by atoms with Crippen LogP contribution in [0.2, 0.25) is 0 Å². The summed E-state index contributed by atoms with van der Waals surface area (Å²) in [4.78, 5) is 23.8. The lowest BCUT2D eigenvalue weighted by atomic mass is 9.88. The summed E-state index contributed by atoms with van der Waals surface area (Å²) in [6.45, 7) is 13.8. The van der Waals surface area contributed by atoms with E-state index in [1.54, 1.807) is 6.92 Å². The Balaban J connectivity index is 3.34. The fourth-order valence-electron chi connectivity index (χ4n) is 1.72. The summed E-state index contributed by atoms with van der Waals surface area (Å²) in [7, 11) is 0. The fraction of sp³-hybridized carbons (Fsp3) is 0.667. The zero-order valence-corrected chi connectivity index (χ0v) is 13.4. The van der Waals surface area contributed by atoms with E-state index in [9.17, 15) is 9.59 Å². The average molecular weight is 280 g/mol. The highest BCUT2D eigenvalue weighted by molar-refractivity contribution is 6.33. The highest BCUT2D eigenvalue weighted by Crippen LogP contribution is 2.28. The van der Waals surface area contributed by atoms with Crippen molar-refractivity contribution in [3.8, 4) is 0 Å². The van der Waals surface area contributed by atoms with Crippen molar-refractivity contribution in [3.63, 3.8) is 0 Å². The third-order valence-electron chi connectivity index (χ3n) is 2.89. The van der Waals surface area contributed by atoms with Crippen LogP contribution in [0.3, 0.4) is 0 Å². The van der Waals surface area contributed by atoms with E-state index in [0.29, 0.717) is 5.69 Å². The molecule has 0 bridgehead atoms. The normalized spacial score (nSPS) is 12.3. The van der Waals surface area contributed by atoms with Gasteiger partial charge in [0, 0.05) is 10.8 Å². The van der Waals surface area contributed by atoms with Crippen LogP contribution in [0.25, 0.3) is 0 Å². The van der Waals surface area contributed by atoms with Crippen molar-refractivity contribution in [1.82, 2.24) is 9.78 Å². The maximum atomic E-state index is 12.2. The molecule has 5 nitrogen and oxygen atoms in total. The Morgan fingerprint density at radius 3 is 2.10 bits per heavy atom. The minimum absolute atomic E-state index is 0.169. The van der Waals surface area contributed by atoms with E-state index >= 15 is 0 Å². The van der Waals surface area contributed by atoms with Crippen LogP contribution in [0.15, 0.2) is 6.07 Å². The molecule has 0 fully saturated rings. The first-order valence-electron chi connectivity index (χ1n) is 6.81. The summed E-state index contributed by atoms with van der Waals surface area (Å²) >= 11 is 0. The van der Waals surface area contributed by atoms with Gasteiger partial charge in [0.05, 0.1) is 18.0 Å². The Kier molecular flexibility index (Phi) is 4.42. The van der Waals surface area contributed by atoms with Gasteiger partial charge in [-0.15, -0.1) is 0 Å². The van der Waals surface area contributed by atoms with Crippen LogP contribution < -0.4 is 0 Å². The maximum absolute atomic E-state index is 12.2. The van der Waals surface area contributed by atoms with Gasteiger partial charge in [0.2, 0.25) is 0 Å². The molecular formula is C15H24N2O3. The lowest BCUT2D eigenvalue weighted by Gasteiger charge is -2.18.